The molecule has 4 rings (SSSR count). The molecule has 1 heteroatoms. The van der Waals surface area contributed by atoms with Gasteiger partial charge in [0, 0.05) is 0 Å². The van der Waals surface area contributed by atoms with Crippen molar-refractivity contribution in [2.45, 2.75) is 50.7 Å². The molecule has 0 aliphatic heterocycles. The van der Waals surface area contributed by atoms with E-state index in [-0.39, 0.29) is 5.41 Å². The molecule has 158 valence electrons. The molecule has 0 unspecified atom stereocenters. The smallest absolute Gasteiger partial charge is 0.0763 e. The second-order valence-electron chi connectivity index (χ2n) is 8.72. The molecule has 0 amide bonds. The summed E-state index contributed by atoms with van der Waals surface area (Å²) in [4.78, 5) is 0. The van der Waals surface area contributed by atoms with E-state index in [2.05, 4.69) is 124 Å². The van der Waals surface area contributed by atoms with Crippen LogP contribution >= 0.6 is 0 Å². The zero-order valence-corrected chi connectivity index (χ0v) is 20.1. The van der Waals surface area contributed by atoms with E-state index in [4.69, 9.17) is 0 Å². The number of benzene rings is 3. The number of rotatable bonds is 8. The zero-order valence-electron chi connectivity index (χ0n) is 19.1. The average Bonchev–Trinajstić information content (AvgIpc) is 3.34. The van der Waals surface area contributed by atoms with Gasteiger partial charge in [0.15, 0.2) is 0 Å². The predicted molar refractivity (Wildman–Crippen MR) is 137 cm³/mol. The molecule has 0 nitrogen and oxygen atoms in total. The molecule has 0 heterocycles. The Morgan fingerprint density at radius 1 is 0.613 bits per heavy atom. The first-order chi connectivity index (χ1) is 15.2. The van der Waals surface area contributed by atoms with Crippen LogP contribution in [0.2, 0.25) is 18.1 Å². The molecule has 0 bridgehead atoms. The molecule has 0 fully saturated rings. The van der Waals surface area contributed by atoms with Crippen LogP contribution in [-0.4, -0.2) is 8.07 Å². The van der Waals surface area contributed by atoms with Gasteiger partial charge in [-0.1, -0.05) is 147 Å². The monoisotopic (exact) mass is 422 g/mol. The normalized spacial score (nSPS) is 14.3. The highest BCUT2D eigenvalue weighted by molar-refractivity contribution is 6.86. The summed E-state index contributed by atoms with van der Waals surface area (Å²) in [5.74, 6) is 0. The first kappa shape index (κ1) is 21.6. The van der Waals surface area contributed by atoms with Crippen LogP contribution in [0.1, 0.15) is 43.9 Å². The molecule has 1 aliphatic rings. The van der Waals surface area contributed by atoms with Gasteiger partial charge in [-0.05, 0) is 28.7 Å². The Hall–Kier alpha value is -2.64. The maximum Gasteiger partial charge on any atom is 0.0811 e. The molecule has 0 N–H and O–H groups in total. The van der Waals surface area contributed by atoms with Crippen LogP contribution in [0.25, 0.3) is 0 Å². The van der Waals surface area contributed by atoms with E-state index in [1.54, 1.807) is 5.20 Å². The molecule has 3 aromatic carbocycles. The molecule has 0 spiro atoms. The Balaban J connectivity index is 2.00. The molecular formula is C30H34Si. The highest BCUT2D eigenvalue weighted by atomic mass is 28.3. The fourth-order valence-corrected chi connectivity index (χ4v) is 9.51. The van der Waals surface area contributed by atoms with Gasteiger partial charge in [-0.25, -0.2) is 0 Å². The van der Waals surface area contributed by atoms with Crippen LogP contribution in [0.15, 0.2) is 114 Å². The summed E-state index contributed by atoms with van der Waals surface area (Å²) in [5, 5.41) is 1.74. The van der Waals surface area contributed by atoms with Crippen molar-refractivity contribution in [1.29, 1.82) is 0 Å². The Labute approximate surface area is 189 Å². The second kappa shape index (κ2) is 9.24. The minimum Gasteiger partial charge on any atom is -0.0763 e. The van der Waals surface area contributed by atoms with Gasteiger partial charge in [0.2, 0.25) is 0 Å². The molecule has 0 atom stereocenters. The second-order valence-corrected chi connectivity index (χ2v) is 14.0. The predicted octanol–water partition coefficient (Wildman–Crippen LogP) is 8.33. The molecular weight excluding hydrogens is 388 g/mol. The number of hydrogen-bond acceptors (Lipinski definition) is 0. The van der Waals surface area contributed by atoms with Gasteiger partial charge < -0.3 is 0 Å². The largest absolute Gasteiger partial charge is 0.0811 e. The van der Waals surface area contributed by atoms with E-state index in [1.807, 2.05) is 0 Å². The van der Waals surface area contributed by atoms with Crippen molar-refractivity contribution in [3.63, 3.8) is 0 Å². The fourth-order valence-electron chi connectivity index (χ4n) is 5.65. The van der Waals surface area contributed by atoms with Gasteiger partial charge in [-0.15, -0.1) is 0 Å². The maximum atomic E-state index is 2.61. The van der Waals surface area contributed by atoms with E-state index >= 15 is 0 Å². The first-order valence-electron chi connectivity index (χ1n) is 11.8. The van der Waals surface area contributed by atoms with Crippen LogP contribution in [0.5, 0.6) is 0 Å². The van der Waals surface area contributed by atoms with Crippen LogP contribution < -0.4 is 0 Å². The van der Waals surface area contributed by atoms with Gasteiger partial charge in [0.05, 0.1) is 13.5 Å². The summed E-state index contributed by atoms with van der Waals surface area (Å²) in [5.41, 5.74) is 5.17. The maximum absolute atomic E-state index is 2.61. The topological polar surface area (TPSA) is 0 Å². The van der Waals surface area contributed by atoms with Gasteiger partial charge in [-0.2, -0.15) is 0 Å². The summed E-state index contributed by atoms with van der Waals surface area (Å²) >= 11 is 0. The van der Waals surface area contributed by atoms with E-state index in [0.717, 1.165) is 6.42 Å². The van der Waals surface area contributed by atoms with Crippen molar-refractivity contribution in [1.82, 2.24) is 0 Å². The molecule has 1 aliphatic carbocycles. The SMILES string of the molecule is CC[Si](CC)(CC)C1=CC(C(c2ccccc2)(c2ccccc2)c2ccccc2)=CC1. The first-order valence-corrected chi connectivity index (χ1v) is 14.4. The molecule has 0 saturated heterocycles. The zero-order chi connectivity index (χ0) is 21.7. The minimum atomic E-state index is -1.40. The quantitative estimate of drug-likeness (QED) is 0.253. The molecule has 0 aromatic heterocycles. The van der Waals surface area contributed by atoms with Crippen molar-refractivity contribution >= 4 is 8.07 Å². The third-order valence-electron chi connectivity index (χ3n) is 7.64. The summed E-state index contributed by atoms with van der Waals surface area (Å²) in [6.07, 6.45) is 6.26. The Kier molecular flexibility index (Phi) is 6.43. The van der Waals surface area contributed by atoms with Crippen molar-refractivity contribution < 1.29 is 0 Å². The lowest BCUT2D eigenvalue weighted by Gasteiger charge is -2.37. The third kappa shape index (κ3) is 3.66. The molecule has 0 radical (unpaired) electrons. The van der Waals surface area contributed by atoms with Crippen molar-refractivity contribution in [3.05, 3.63) is 131 Å². The molecule has 0 saturated carbocycles. The minimum absolute atomic E-state index is 0.291. The Morgan fingerprint density at radius 3 is 1.35 bits per heavy atom. The molecule has 31 heavy (non-hydrogen) atoms. The van der Waals surface area contributed by atoms with Crippen LogP contribution in [0, 0.1) is 0 Å². The summed E-state index contributed by atoms with van der Waals surface area (Å²) in [7, 11) is -1.40. The highest BCUT2D eigenvalue weighted by Crippen LogP contribution is 2.49. The van der Waals surface area contributed by atoms with Crippen molar-refractivity contribution in [2.24, 2.45) is 0 Å². The molecule has 3 aromatic rings. The van der Waals surface area contributed by atoms with Crippen LogP contribution in [-0.2, 0) is 5.41 Å². The standard InChI is InChI=1S/C30H34Si/c1-4-31(5-2,6-3)29-23-22-28(24-29)30(25-16-10-7-11-17-25,26-18-12-8-13-19-26)27-20-14-9-15-21-27/h7-22,24H,4-6,23H2,1-3H3. The summed E-state index contributed by atoms with van der Waals surface area (Å²) in [6, 6.07) is 37.3. The van der Waals surface area contributed by atoms with Crippen molar-refractivity contribution in [3.8, 4) is 0 Å². The fraction of sp³-hybridized carbons (Fsp3) is 0.267. The Morgan fingerprint density at radius 2 is 1.00 bits per heavy atom. The highest BCUT2D eigenvalue weighted by Gasteiger charge is 2.42. The summed E-state index contributed by atoms with van der Waals surface area (Å²) < 4.78 is 0. The summed E-state index contributed by atoms with van der Waals surface area (Å²) in [6.45, 7) is 7.24. The Bertz CT molecular complexity index is 936. The lowest BCUT2D eigenvalue weighted by molar-refractivity contribution is 0.744. The van der Waals surface area contributed by atoms with E-state index in [9.17, 15) is 0 Å². The van der Waals surface area contributed by atoms with Crippen LogP contribution in [0.4, 0.5) is 0 Å². The van der Waals surface area contributed by atoms with Gasteiger partial charge >= 0.3 is 0 Å². The average molecular weight is 423 g/mol. The van der Waals surface area contributed by atoms with E-state index in [0.29, 0.717) is 0 Å². The van der Waals surface area contributed by atoms with Gasteiger partial charge in [0.25, 0.3) is 0 Å². The number of hydrogen-bond donors (Lipinski definition) is 0. The lowest BCUT2D eigenvalue weighted by atomic mass is 9.65. The van der Waals surface area contributed by atoms with Crippen LogP contribution in [0.3, 0.4) is 0 Å². The van der Waals surface area contributed by atoms with Gasteiger partial charge in [-0.3, -0.25) is 0 Å². The van der Waals surface area contributed by atoms with Gasteiger partial charge in [0.1, 0.15) is 0 Å². The lowest BCUT2D eigenvalue weighted by Crippen LogP contribution is -2.34. The number of allylic oxidation sites excluding steroid dienone is 4. The third-order valence-corrected chi connectivity index (χ3v) is 13.4. The van der Waals surface area contributed by atoms with Crippen molar-refractivity contribution in [2.75, 3.05) is 0 Å². The van der Waals surface area contributed by atoms with E-state index < -0.39 is 8.07 Å². The van der Waals surface area contributed by atoms with E-state index in [1.165, 1.54) is 40.4 Å².